The Balaban J connectivity index is 1.48. The van der Waals surface area contributed by atoms with E-state index >= 15 is 0 Å². The molecule has 0 bridgehead atoms. The molecule has 1 fully saturated rings. The van der Waals surface area contributed by atoms with Gasteiger partial charge in [-0.25, -0.2) is 4.98 Å². The Kier molecular flexibility index (Phi) is 4.85. The first-order valence-electron chi connectivity index (χ1n) is 7.83. The first-order valence-corrected chi connectivity index (χ1v) is 7.83. The van der Waals surface area contributed by atoms with Crippen molar-refractivity contribution < 1.29 is 4.74 Å². The first kappa shape index (κ1) is 14.5. The number of hydrogen-bond donors (Lipinski definition) is 2. The van der Waals surface area contributed by atoms with Crippen LogP contribution < -0.4 is 5.73 Å². The van der Waals surface area contributed by atoms with Crippen LogP contribution in [0.25, 0.3) is 11.0 Å². The minimum absolute atomic E-state index is 0.406. The number of nitrogens with two attached hydrogens (primary N) is 1. The lowest BCUT2D eigenvalue weighted by atomic mass is 10.1. The van der Waals surface area contributed by atoms with E-state index in [-0.39, 0.29) is 0 Å². The zero-order valence-electron chi connectivity index (χ0n) is 12.4. The quantitative estimate of drug-likeness (QED) is 0.797. The van der Waals surface area contributed by atoms with Gasteiger partial charge >= 0.3 is 0 Å². The second-order valence-corrected chi connectivity index (χ2v) is 5.69. The summed E-state index contributed by atoms with van der Waals surface area (Å²) >= 11 is 0. The van der Waals surface area contributed by atoms with E-state index in [2.05, 4.69) is 20.9 Å². The first-order chi connectivity index (χ1) is 10.3. The van der Waals surface area contributed by atoms with E-state index in [0.29, 0.717) is 12.6 Å². The Morgan fingerprint density at radius 1 is 1.29 bits per heavy atom. The minimum Gasteiger partial charge on any atom is -0.378 e. The van der Waals surface area contributed by atoms with Crippen LogP contribution in [0.3, 0.4) is 0 Å². The standard InChI is InChI=1S/C16H24N4O/c17-8-3-11-21-13-6-9-20(10-7-13)12-16-18-14-4-1-2-5-15(14)19-16/h1-2,4-5,13H,3,6-12,17H2,(H,18,19). The van der Waals surface area contributed by atoms with Crippen molar-refractivity contribution in [3.8, 4) is 0 Å². The highest BCUT2D eigenvalue weighted by Crippen LogP contribution is 2.17. The average molecular weight is 288 g/mol. The van der Waals surface area contributed by atoms with Crippen molar-refractivity contribution in [3.63, 3.8) is 0 Å². The molecular formula is C16H24N4O. The van der Waals surface area contributed by atoms with Crippen LogP contribution in [0, 0.1) is 0 Å². The van der Waals surface area contributed by atoms with Crippen molar-refractivity contribution in [1.29, 1.82) is 0 Å². The number of piperidine rings is 1. The summed E-state index contributed by atoms with van der Waals surface area (Å²) in [6.07, 6.45) is 3.57. The van der Waals surface area contributed by atoms with Crippen molar-refractivity contribution in [2.24, 2.45) is 5.73 Å². The lowest BCUT2D eigenvalue weighted by Crippen LogP contribution is -2.37. The van der Waals surface area contributed by atoms with Gasteiger partial charge in [0.2, 0.25) is 0 Å². The summed E-state index contributed by atoms with van der Waals surface area (Å²) in [5, 5.41) is 0. The topological polar surface area (TPSA) is 67.2 Å². The lowest BCUT2D eigenvalue weighted by molar-refractivity contribution is 0.00521. The van der Waals surface area contributed by atoms with Gasteiger partial charge in [0.25, 0.3) is 0 Å². The molecule has 2 aromatic rings. The number of likely N-dealkylation sites (tertiary alicyclic amines) is 1. The fourth-order valence-electron chi connectivity index (χ4n) is 2.86. The Morgan fingerprint density at radius 2 is 2.10 bits per heavy atom. The minimum atomic E-state index is 0.406. The summed E-state index contributed by atoms with van der Waals surface area (Å²) in [4.78, 5) is 10.5. The number of nitrogens with one attached hydrogen (secondary N) is 1. The molecule has 3 N–H and O–H groups in total. The van der Waals surface area contributed by atoms with Gasteiger partial charge < -0.3 is 15.5 Å². The molecule has 114 valence electrons. The van der Waals surface area contributed by atoms with Gasteiger partial charge in [0, 0.05) is 19.7 Å². The maximum Gasteiger partial charge on any atom is 0.121 e. The molecule has 5 nitrogen and oxygen atoms in total. The van der Waals surface area contributed by atoms with Gasteiger partial charge in [-0.1, -0.05) is 12.1 Å². The van der Waals surface area contributed by atoms with Crippen LogP contribution in [0.15, 0.2) is 24.3 Å². The monoisotopic (exact) mass is 288 g/mol. The molecule has 5 heteroatoms. The van der Waals surface area contributed by atoms with Gasteiger partial charge in [0.05, 0.1) is 23.7 Å². The molecule has 0 spiro atoms. The second kappa shape index (κ2) is 7.02. The van der Waals surface area contributed by atoms with E-state index in [4.69, 9.17) is 10.5 Å². The summed E-state index contributed by atoms with van der Waals surface area (Å²) in [6, 6.07) is 8.18. The number of aromatic nitrogens is 2. The van der Waals surface area contributed by atoms with E-state index < -0.39 is 0 Å². The highest BCUT2D eigenvalue weighted by Gasteiger charge is 2.20. The van der Waals surface area contributed by atoms with Crippen molar-refractivity contribution in [1.82, 2.24) is 14.9 Å². The summed E-state index contributed by atoms with van der Waals surface area (Å²) in [5.74, 6) is 1.05. The maximum absolute atomic E-state index is 5.84. The van der Waals surface area contributed by atoms with Crippen molar-refractivity contribution in [2.75, 3.05) is 26.2 Å². The van der Waals surface area contributed by atoms with E-state index in [1.807, 2.05) is 18.2 Å². The smallest absolute Gasteiger partial charge is 0.121 e. The maximum atomic E-state index is 5.84. The number of hydrogen-bond acceptors (Lipinski definition) is 4. The molecule has 2 heterocycles. The number of rotatable bonds is 6. The van der Waals surface area contributed by atoms with Crippen LogP contribution in [-0.4, -0.2) is 47.2 Å². The molecule has 1 aliphatic heterocycles. The highest BCUT2D eigenvalue weighted by atomic mass is 16.5. The molecule has 21 heavy (non-hydrogen) atoms. The fourth-order valence-corrected chi connectivity index (χ4v) is 2.86. The van der Waals surface area contributed by atoms with Crippen molar-refractivity contribution in [3.05, 3.63) is 30.1 Å². The van der Waals surface area contributed by atoms with E-state index in [1.54, 1.807) is 0 Å². The van der Waals surface area contributed by atoms with Crippen molar-refractivity contribution >= 4 is 11.0 Å². The normalized spacial score (nSPS) is 17.6. The molecule has 0 radical (unpaired) electrons. The Morgan fingerprint density at radius 3 is 2.86 bits per heavy atom. The molecule has 3 rings (SSSR count). The van der Waals surface area contributed by atoms with Gasteiger partial charge in [-0.15, -0.1) is 0 Å². The Labute approximate surface area is 125 Å². The zero-order chi connectivity index (χ0) is 14.5. The second-order valence-electron chi connectivity index (χ2n) is 5.69. The SMILES string of the molecule is NCCCOC1CCN(Cc2nc3ccccc3[nH]2)CC1. The molecule has 1 aromatic carbocycles. The van der Waals surface area contributed by atoms with Gasteiger partial charge in [0.1, 0.15) is 5.82 Å². The third-order valence-electron chi connectivity index (χ3n) is 4.05. The predicted octanol–water partition coefficient (Wildman–Crippen LogP) is 1.89. The van der Waals surface area contributed by atoms with Crippen LogP contribution >= 0.6 is 0 Å². The molecule has 0 atom stereocenters. The van der Waals surface area contributed by atoms with Crippen LogP contribution in [-0.2, 0) is 11.3 Å². The summed E-state index contributed by atoms with van der Waals surface area (Å²) in [5.41, 5.74) is 7.65. The number of para-hydroxylation sites is 2. The fraction of sp³-hybridized carbons (Fsp3) is 0.562. The van der Waals surface area contributed by atoms with Crippen LogP contribution in [0.5, 0.6) is 0 Å². The molecule has 0 aliphatic carbocycles. The van der Waals surface area contributed by atoms with Gasteiger partial charge in [0.15, 0.2) is 0 Å². The number of fused-ring (bicyclic) bond motifs is 1. The van der Waals surface area contributed by atoms with E-state index in [9.17, 15) is 0 Å². The van der Waals surface area contributed by atoms with E-state index in [0.717, 1.165) is 62.4 Å². The van der Waals surface area contributed by atoms with Crippen LogP contribution in [0.1, 0.15) is 25.1 Å². The van der Waals surface area contributed by atoms with Gasteiger partial charge in [-0.3, -0.25) is 4.90 Å². The molecule has 1 aromatic heterocycles. The number of aromatic amines is 1. The van der Waals surface area contributed by atoms with Gasteiger partial charge in [-0.05, 0) is 37.9 Å². The largest absolute Gasteiger partial charge is 0.378 e. The number of H-pyrrole nitrogens is 1. The number of ether oxygens (including phenoxy) is 1. The lowest BCUT2D eigenvalue weighted by Gasteiger charge is -2.31. The number of imidazole rings is 1. The van der Waals surface area contributed by atoms with Crippen LogP contribution in [0.4, 0.5) is 0 Å². The molecule has 0 saturated carbocycles. The highest BCUT2D eigenvalue weighted by molar-refractivity contribution is 5.74. The molecule has 0 amide bonds. The van der Waals surface area contributed by atoms with E-state index in [1.165, 1.54) is 0 Å². The average Bonchev–Trinajstić information content (AvgIpc) is 2.91. The molecule has 1 aliphatic rings. The third kappa shape index (κ3) is 3.81. The van der Waals surface area contributed by atoms with Crippen LogP contribution in [0.2, 0.25) is 0 Å². The number of nitrogens with zero attached hydrogens (tertiary/aromatic N) is 2. The summed E-state index contributed by atoms with van der Waals surface area (Å²) in [7, 11) is 0. The summed E-state index contributed by atoms with van der Waals surface area (Å²) in [6.45, 7) is 4.55. The summed E-state index contributed by atoms with van der Waals surface area (Å²) < 4.78 is 5.84. The Bertz CT molecular complexity index is 527. The Hall–Kier alpha value is -1.43. The molecule has 0 unspecified atom stereocenters. The third-order valence-corrected chi connectivity index (χ3v) is 4.05. The predicted molar refractivity (Wildman–Crippen MR) is 84.0 cm³/mol. The van der Waals surface area contributed by atoms with Crippen molar-refractivity contribution in [2.45, 2.75) is 31.9 Å². The number of benzene rings is 1. The zero-order valence-corrected chi connectivity index (χ0v) is 12.4. The molecule has 1 saturated heterocycles. The van der Waals surface area contributed by atoms with Gasteiger partial charge in [-0.2, -0.15) is 0 Å². The molecular weight excluding hydrogens is 264 g/mol.